The zero-order valence-electron chi connectivity index (χ0n) is 12.9. The van der Waals surface area contributed by atoms with Crippen LogP contribution in [0.4, 0.5) is 0 Å². The minimum absolute atomic E-state index is 0.142. The summed E-state index contributed by atoms with van der Waals surface area (Å²) in [5, 5.41) is 13.6. The van der Waals surface area contributed by atoms with Crippen LogP contribution in [0.5, 0.6) is 0 Å². The highest BCUT2D eigenvalue weighted by atomic mass is 16.4. The smallest absolute Gasteiger partial charge is 0.305 e. The van der Waals surface area contributed by atoms with Gasteiger partial charge in [0, 0.05) is 12.5 Å². The van der Waals surface area contributed by atoms with Crippen molar-refractivity contribution in [2.75, 3.05) is 6.54 Å². The molecule has 0 heterocycles. The molecule has 120 valence electrons. The summed E-state index contributed by atoms with van der Waals surface area (Å²) in [5.41, 5.74) is 2.24. The van der Waals surface area contributed by atoms with E-state index in [4.69, 9.17) is 5.11 Å². The first-order valence-corrected chi connectivity index (χ1v) is 7.20. The SMILES string of the molecule is Cc1ccc(CCC(=O)NCC(=O)NC(C)CC(=O)O)cc1. The van der Waals surface area contributed by atoms with E-state index in [-0.39, 0.29) is 18.9 Å². The monoisotopic (exact) mass is 306 g/mol. The lowest BCUT2D eigenvalue weighted by Crippen LogP contribution is -2.41. The lowest BCUT2D eigenvalue weighted by Gasteiger charge is -2.12. The van der Waals surface area contributed by atoms with Crippen LogP contribution in [-0.4, -0.2) is 35.5 Å². The third-order valence-electron chi connectivity index (χ3n) is 3.10. The van der Waals surface area contributed by atoms with Crippen LogP contribution >= 0.6 is 0 Å². The van der Waals surface area contributed by atoms with E-state index in [1.54, 1.807) is 6.92 Å². The fourth-order valence-electron chi connectivity index (χ4n) is 1.92. The topological polar surface area (TPSA) is 95.5 Å². The summed E-state index contributed by atoms with van der Waals surface area (Å²) in [6.45, 7) is 3.46. The molecular weight excluding hydrogens is 284 g/mol. The molecule has 1 aromatic carbocycles. The van der Waals surface area contributed by atoms with Gasteiger partial charge in [-0.15, -0.1) is 0 Å². The highest BCUT2D eigenvalue weighted by molar-refractivity contribution is 5.85. The second-order valence-corrected chi connectivity index (χ2v) is 5.33. The van der Waals surface area contributed by atoms with Crippen molar-refractivity contribution in [3.05, 3.63) is 35.4 Å². The molecule has 6 nitrogen and oxygen atoms in total. The molecule has 0 aliphatic carbocycles. The van der Waals surface area contributed by atoms with Crippen molar-refractivity contribution >= 4 is 17.8 Å². The van der Waals surface area contributed by atoms with Gasteiger partial charge < -0.3 is 15.7 Å². The molecule has 0 spiro atoms. The summed E-state index contributed by atoms with van der Waals surface area (Å²) in [6, 6.07) is 7.47. The van der Waals surface area contributed by atoms with Gasteiger partial charge in [-0.05, 0) is 25.8 Å². The highest BCUT2D eigenvalue weighted by Crippen LogP contribution is 2.05. The maximum Gasteiger partial charge on any atom is 0.305 e. The van der Waals surface area contributed by atoms with Gasteiger partial charge in [0.1, 0.15) is 0 Å². The van der Waals surface area contributed by atoms with Crippen molar-refractivity contribution in [3.8, 4) is 0 Å². The van der Waals surface area contributed by atoms with Gasteiger partial charge in [0.05, 0.1) is 13.0 Å². The number of aliphatic carboxylic acids is 1. The van der Waals surface area contributed by atoms with Crippen LogP contribution in [0.3, 0.4) is 0 Å². The van der Waals surface area contributed by atoms with Gasteiger partial charge in [0.2, 0.25) is 11.8 Å². The van der Waals surface area contributed by atoms with E-state index in [0.717, 1.165) is 5.56 Å². The van der Waals surface area contributed by atoms with E-state index in [0.29, 0.717) is 12.8 Å². The van der Waals surface area contributed by atoms with E-state index in [1.165, 1.54) is 5.56 Å². The largest absolute Gasteiger partial charge is 0.481 e. The predicted molar refractivity (Wildman–Crippen MR) is 82.4 cm³/mol. The van der Waals surface area contributed by atoms with Gasteiger partial charge in [0.25, 0.3) is 0 Å². The highest BCUT2D eigenvalue weighted by Gasteiger charge is 2.11. The van der Waals surface area contributed by atoms with Crippen molar-refractivity contribution in [2.24, 2.45) is 0 Å². The first-order valence-electron chi connectivity index (χ1n) is 7.20. The Bertz CT molecular complexity index is 525. The van der Waals surface area contributed by atoms with Crippen LogP contribution in [0.15, 0.2) is 24.3 Å². The average Bonchev–Trinajstić information content (AvgIpc) is 2.43. The number of carboxylic acid groups (broad SMARTS) is 1. The van der Waals surface area contributed by atoms with Crippen LogP contribution in [-0.2, 0) is 20.8 Å². The molecule has 1 rings (SSSR count). The van der Waals surface area contributed by atoms with Crippen LogP contribution in [0.25, 0.3) is 0 Å². The molecule has 0 aliphatic heterocycles. The zero-order chi connectivity index (χ0) is 16.5. The Morgan fingerprint density at radius 1 is 1.14 bits per heavy atom. The first-order chi connectivity index (χ1) is 10.4. The van der Waals surface area contributed by atoms with E-state index >= 15 is 0 Å². The quantitative estimate of drug-likeness (QED) is 0.668. The Balaban J connectivity index is 2.23. The number of aryl methyl sites for hydroxylation is 2. The number of hydrogen-bond acceptors (Lipinski definition) is 3. The third-order valence-corrected chi connectivity index (χ3v) is 3.10. The zero-order valence-corrected chi connectivity index (χ0v) is 12.9. The molecule has 6 heteroatoms. The minimum Gasteiger partial charge on any atom is -0.481 e. The molecule has 0 saturated carbocycles. The number of carbonyl (C=O) groups excluding carboxylic acids is 2. The van der Waals surface area contributed by atoms with Gasteiger partial charge in [-0.3, -0.25) is 14.4 Å². The van der Waals surface area contributed by atoms with E-state index in [2.05, 4.69) is 10.6 Å². The molecule has 0 fully saturated rings. The average molecular weight is 306 g/mol. The number of carbonyl (C=O) groups is 3. The standard InChI is InChI=1S/C16H22N2O4/c1-11-3-5-13(6-4-11)7-8-14(19)17-10-15(20)18-12(2)9-16(21)22/h3-6,12H,7-10H2,1-2H3,(H,17,19)(H,18,20)(H,21,22). The van der Waals surface area contributed by atoms with Crippen LogP contribution < -0.4 is 10.6 Å². The van der Waals surface area contributed by atoms with Crippen molar-refractivity contribution in [3.63, 3.8) is 0 Å². The number of benzene rings is 1. The molecule has 1 aromatic rings. The Kier molecular flexibility index (Phi) is 7.08. The second-order valence-electron chi connectivity index (χ2n) is 5.33. The number of amides is 2. The Labute approximate surface area is 129 Å². The van der Waals surface area contributed by atoms with E-state index in [1.807, 2.05) is 31.2 Å². The van der Waals surface area contributed by atoms with Crippen LogP contribution in [0.1, 0.15) is 30.9 Å². The first kappa shape index (κ1) is 17.7. The number of carboxylic acids is 1. The summed E-state index contributed by atoms with van der Waals surface area (Å²) in [6.07, 6.45) is 0.775. The van der Waals surface area contributed by atoms with Crippen LogP contribution in [0.2, 0.25) is 0 Å². The maximum absolute atomic E-state index is 11.7. The van der Waals surface area contributed by atoms with E-state index in [9.17, 15) is 14.4 Å². The van der Waals surface area contributed by atoms with Crippen molar-refractivity contribution < 1.29 is 19.5 Å². The number of hydrogen-bond donors (Lipinski definition) is 3. The van der Waals surface area contributed by atoms with Crippen molar-refractivity contribution in [2.45, 2.75) is 39.2 Å². The Hall–Kier alpha value is -2.37. The van der Waals surface area contributed by atoms with Crippen LogP contribution in [0, 0.1) is 6.92 Å². The van der Waals surface area contributed by atoms with Gasteiger partial charge in [-0.25, -0.2) is 0 Å². The fourth-order valence-corrected chi connectivity index (χ4v) is 1.92. The molecule has 0 bridgehead atoms. The molecule has 0 aromatic heterocycles. The molecule has 3 N–H and O–H groups in total. The molecule has 0 aliphatic rings. The summed E-state index contributed by atoms with van der Waals surface area (Å²) in [5.74, 6) is -1.58. The normalized spacial score (nSPS) is 11.5. The van der Waals surface area contributed by atoms with E-state index < -0.39 is 17.9 Å². The lowest BCUT2D eigenvalue weighted by molar-refractivity contribution is -0.137. The Morgan fingerprint density at radius 3 is 2.36 bits per heavy atom. The number of nitrogens with one attached hydrogen (secondary N) is 2. The molecule has 0 saturated heterocycles. The molecule has 2 amide bonds. The fraction of sp³-hybridized carbons (Fsp3) is 0.438. The summed E-state index contributed by atoms with van der Waals surface area (Å²) in [7, 11) is 0. The molecule has 0 radical (unpaired) electrons. The minimum atomic E-state index is -0.977. The van der Waals surface area contributed by atoms with Gasteiger partial charge in [0.15, 0.2) is 0 Å². The summed E-state index contributed by atoms with van der Waals surface area (Å²) < 4.78 is 0. The molecule has 22 heavy (non-hydrogen) atoms. The summed E-state index contributed by atoms with van der Waals surface area (Å²) >= 11 is 0. The molecular formula is C16H22N2O4. The maximum atomic E-state index is 11.7. The van der Waals surface area contributed by atoms with Gasteiger partial charge in [-0.2, -0.15) is 0 Å². The van der Waals surface area contributed by atoms with Gasteiger partial charge in [-0.1, -0.05) is 29.8 Å². The lowest BCUT2D eigenvalue weighted by atomic mass is 10.1. The summed E-state index contributed by atoms with van der Waals surface area (Å²) in [4.78, 5) is 33.7. The Morgan fingerprint density at radius 2 is 1.77 bits per heavy atom. The van der Waals surface area contributed by atoms with Gasteiger partial charge >= 0.3 is 5.97 Å². The molecule has 1 unspecified atom stereocenters. The number of rotatable bonds is 8. The molecule has 1 atom stereocenters. The third kappa shape index (κ3) is 7.42. The van der Waals surface area contributed by atoms with Crippen molar-refractivity contribution in [1.82, 2.24) is 10.6 Å². The second kappa shape index (κ2) is 8.81. The predicted octanol–water partition coefficient (Wildman–Crippen LogP) is 1.02. The van der Waals surface area contributed by atoms with Crippen molar-refractivity contribution in [1.29, 1.82) is 0 Å².